The number of nitrogens with zero attached hydrogens (tertiary/aromatic N) is 2. The average molecular weight is 477 g/mol. The Bertz CT molecular complexity index is 1170. The van der Waals surface area contributed by atoms with Crippen LogP contribution in [-0.4, -0.2) is 21.7 Å². The molecule has 8 heteroatoms. The van der Waals surface area contributed by atoms with Crippen LogP contribution in [0.5, 0.6) is 0 Å². The molecule has 146 valence electrons. The van der Waals surface area contributed by atoms with Crippen molar-refractivity contribution in [1.82, 2.24) is 10.2 Å². The van der Waals surface area contributed by atoms with Gasteiger partial charge >= 0.3 is 0 Å². The van der Waals surface area contributed by atoms with E-state index in [1.165, 1.54) is 39.4 Å². The molecule has 0 radical (unpaired) electrons. The van der Waals surface area contributed by atoms with Crippen LogP contribution < -0.4 is 0 Å². The summed E-state index contributed by atoms with van der Waals surface area (Å²) >= 11 is 16.4. The maximum Gasteiger partial charge on any atom is 0.175 e. The third-order valence-electron chi connectivity index (χ3n) is 4.19. The van der Waals surface area contributed by atoms with Crippen LogP contribution in [0.3, 0.4) is 0 Å². The van der Waals surface area contributed by atoms with Gasteiger partial charge in [-0.05, 0) is 34.5 Å². The van der Waals surface area contributed by atoms with Gasteiger partial charge in [0.05, 0.1) is 15.8 Å². The number of benzene rings is 3. The lowest BCUT2D eigenvalue weighted by Crippen LogP contribution is -2.02. The standard InChI is InChI=1S/C21H14Cl2N2OS3/c22-17-9-8-14(10-18(17)23)19(26)12-28-21-25-24-20(29-21)27-11-15-6-3-5-13-4-1-2-7-16(13)15/h1-10H,11-12H2. The van der Waals surface area contributed by atoms with Gasteiger partial charge in [-0.1, -0.05) is 101 Å². The van der Waals surface area contributed by atoms with E-state index in [1.807, 2.05) is 6.07 Å². The lowest BCUT2D eigenvalue weighted by atomic mass is 10.1. The molecular formula is C21H14Cl2N2OS3. The fourth-order valence-electron chi connectivity index (χ4n) is 2.75. The van der Waals surface area contributed by atoms with Gasteiger partial charge in [0.25, 0.3) is 0 Å². The molecule has 3 aromatic carbocycles. The number of rotatable bonds is 7. The zero-order chi connectivity index (χ0) is 20.2. The van der Waals surface area contributed by atoms with E-state index in [1.54, 1.807) is 30.0 Å². The quantitative estimate of drug-likeness (QED) is 0.207. The van der Waals surface area contributed by atoms with Gasteiger partial charge in [0, 0.05) is 11.3 Å². The molecule has 1 aromatic heterocycles. The third-order valence-corrected chi connectivity index (χ3v) is 8.17. The Morgan fingerprint density at radius 1 is 0.897 bits per heavy atom. The Kier molecular flexibility index (Phi) is 6.77. The fraction of sp³-hybridized carbons (Fsp3) is 0.0952. The summed E-state index contributed by atoms with van der Waals surface area (Å²) < 4.78 is 1.67. The maximum absolute atomic E-state index is 12.4. The van der Waals surface area contributed by atoms with Gasteiger partial charge in [-0.15, -0.1) is 10.2 Å². The zero-order valence-corrected chi connectivity index (χ0v) is 18.9. The first-order valence-electron chi connectivity index (χ1n) is 8.64. The molecule has 29 heavy (non-hydrogen) atoms. The molecule has 0 saturated heterocycles. The maximum atomic E-state index is 12.4. The van der Waals surface area contributed by atoms with Crippen molar-refractivity contribution in [1.29, 1.82) is 0 Å². The summed E-state index contributed by atoms with van der Waals surface area (Å²) in [4.78, 5) is 12.4. The largest absolute Gasteiger partial charge is 0.293 e. The van der Waals surface area contributed by atoms with E-state index in [4.69, 9.17) is 23.2 Å². The summed E-state index contributed by atoms with van der Waals surface area (Å²) in [6.07, 6.45) is 0. The first-order valence-corrected chi connectivity index (χ1v) is 12.2. The van der Waals surface area contributed by atoms with Crippen LogP contribution in [0.2, 0.25) is 10.0 Å². The predicted molar refractivity (Wildman–Crippen MR) is 125 cm³/mol. The average Bonchev–Trinajstić information content (AvgIpc) is 3.20. The highest BCUT2D eigenvalue weighted by atomic mass is 35.5. The Hall–Kier alpha value is -1.57. The predicted octanol–water partition coefficient (Wildman–Crippen LogP) is 7.27. The van der Waals surface area contributed by atoms with Crippen molar-refractivity contribution in [2.24, 2.45) is 0 Å². The van der Waals surface area contributed by atoms with Crippen molar-refractivity contribution < 1.29 is 4.79 Å². The van der Waals surface area contributed by atoms with E-state index in [0.29, 0.717) is 15.6 Å². The first-order chi connectivity index (χ1) is 14.1. The molecule has 0 atom stereocenters. The van der Waals surface area contributed by atoms with Crippen LogP contribution in [0.1, 0.15) is 15.9 Å². The van der Waals surface area contributed by atoms with Crippen molar-refractivity contribution in [3.63, 3.8) is 0 Å². The monoisotopic (exact) mass is 476 g/mol. The molecule has 4 aromatic rings. The lowest BCUT2D eigenvalue weighted by Gasteiger charge is -2.04. The normalized spacial score (nSPS) is 11.1. The summed E-state index contributed by atoms with van der Waals surface area (Å²) in [5.41, 5.74) is 1.81. The van der Waals surface area contributed by atoms with Crippen LogP contribution in [0.15, 0.2) is 69.3 Å². The Morgan fingerprint density at radius 2 is 1.66 bits per heavy atom. The third kappa shape index (κ3) is 5.13. The summed E-state index contributed by atoms with van der Waals surface area (Å²) in [5, 5.41) is 11.8. The number of carbonyl (C=O) groups excluding carboxylic acids is 1. The van der Waals surface area contributed by atoms with E-state index in [9.17, 15) is 4.79 Å². The van der Waals surface area contributed by atoms with Crippen LogP contribution in [0.4, 0.5) is 0 Å². The second-order valence-corrected chi connectivity index (χ2v) is 10.3. The van der Waals surface area contributed by atoms with Gasteiger partial charge in [-0.3, -0.25) is 4.79 Å². The second kappa shape index (κ2) is 9.49. The Balaban J connectivity index is 1.36. The Morgan fingerprint density at radius 3 is 2.48 bits per heavy atom. The minimum absolute atomic E-state index is 0.0197. The molecular weight excluding hydrogens is 463 g/mol. The summed E-state index contributed by atoms with van der Waals surface area (Å²) in [6, 6.07) is 19.6. The molecule has 0 fully saturated rings. The fourth-order valence-corrected chi connectivity index (χ4v) is 5.97. The van der Waals surface area contributed by atoms with Crippen molar-refractivity contribution in [2.45, 2.75) is 14.4 Å². The lowest BCUT2D eigenvalue weighted by molar-refractivity contribution is 0.102. The number of halogens is 2. The molecule has 0 aliphatic heterocycles. The van der Waals surface area contributed by atoms with E-state index in [2.05, 4.69) is 46.6 Å². The number of fused-ring (bicyclic) bond motifs is 1. The van der Waals surface area contributed by atoms with E-state index in [-0.39, 0.29) is 11.5 Å². The SMILES string of the molecule is O=C(CSc1nnc(SCc2cccc3ccccc23)s1)c1ccc(Cl)c(Cl)c1. The van der Waals surface area contributed by atoms with E-state index in [0.717, 1.165) is 14.4 Å². The molecule has 0 N–H and O–H groups in total. The molecule has 4 rings (SSSR count). The number of thioether (sulfide) groups is 2. The molecule has 0 aliphatic carbocycles. The summed E-state index contributed by atoms with van der Waals surface area (Å²) in [7, 11) is 0. The van der Waals surface area contributed by atoms with Crippen LogP contribution in [0, 0.1) is 0 Å². The van der Waals surface area contributed by atoms with Crippen LogP contribution >= 0.6 is 58.1 Å². The van der Waals surface area contributed by atoms with Crippen molar-refractivity contribution in [3.05, 3.63) is 81.8 Å². The minimum atomic E-state index is -0.0197. The smallest absolute Gasteiger partial charge is 0.175 e. The molecule has 0 unspecified atom stereocenters. The van der Waals surface area contributed by atoms with Crippen LogP contribution in [-0.2, 0) is 5.75 Å². The number of carbonyl (C=O) groups is 1. The van der Waals surface area contributed by atoms with Gasteiger partial charge in [0.15, 0.2) is 14.5 Å². The number of aromatic nitrogens is 2. The molecule has 3 nitrogen and oxygen atoms in total. The van der Waals surface area contributed by atoms with Crippen molar-refractivity contribution in [3.8, 4) is 0 Å². The molecule has 1 heterocycles. The number of ketones is 1. The van der Waals surface area contributed by atoms with Crippen molar-refractivity contribution >= 4 is 74.6 Å². The Labute approximate surface area is 190 Å². The molecule has 0 spiro atoms. The number of hydrogen-bond donors (Lipinski definition) is 0. The number of hydrogen-bond acceptors (Lipinski definition) is 6. The zero-order valence-electron chi connectivity index (χ0n) is 15.0. The van der Waals surface area contributed by atoms with Gasteiger partial charge in [-0.2, -0.15) is 0 Å². The minimum Gasteiger partial charge on any atom is -0.293 e. The van der Waals surface area contributed by atoms with Gasteiger partial charge in [0.1, 0.15) is 0 Å². The van der Waals surface area contributed by atoms with Crippen molar-refractivity contribution in [2.75, 3.05) is 5.75 Å². The van der Waals surface area contributed by atoms with Crippen LogP contribution in [0.25, 0.3) is 10.8 Å². The van der Waals surface area contributed by atoms with Gasteiger partial charge in [0.2, 0.25) is 0 Å². The molecule has 0 aliphatic rings. The van der Waals surface area contributed by atoms with Gasteiger partial charge < -0.3 is 0 Å². The molecule has 0 amide bonds. The highest BCUT2D eigenvalue weighted by molar-refractivity contribution is 8.03. The molecule has 0 bridgehead atoms. The number of Topliss-reactive ketones (excluding diaryl/α,β-unsaturated/α-hetero) is 1. The topological polar surface area (TPSA) is 42.9 Å². The highest BCUT2D eigenvalue weighted by Crippen LogP contribution is 2.33. The highest BCUT2D eigenvalue weighted by Gasteiger charge is 2.12. The first kappa shape index (κ1) is 20.7. The van der Waals surface area contributed by atoms with E-state index >= 15 is 0 Å². The summed E-state index contributed by atoms with van der Waals surface area (Å²) in [6.45, 7) is 0. The second-order valence-electron chi connectivity index (χ2n) is 6.10. The van der Waals surface area contributed by atoms with Gasteiger partial charge in [-0.25, -0.2) is 0 Å². The van der Waals surface area contributed by atoms with E-state index < -0.39 is 0 Å². The molecule has 0 saturated carbocycles. The summed E-state index contributed by atoms with van der Waals surface area (Å²) in [5.74, 6) is 1.08.